The molecule has 0 amide bonds. The van der Waals surface area contributed by atoms with Crippen molar-refractivity contribution in [2.45, 2.75) is 12.8 Å². The molecule has 0 aliphatic heterocycles. The second-order valence-electron chi connectivity index (χ2n) is 8.37. The Bertz CT molecular complexity index is 996. The molecule has 238 valence electrons. The fourth-order valence-corrected chi connectivity index (χ4v) is 2.93. The predicted molar refractivity (Wildman–Crippen MR) is 152 cm³/mol. The van der Waals surface area contributed by atoms with Gasteiger partial charge >= 0.3 is 16.8 Å². The van der Waals surface area contributed by atoms with Crippen molar-refractivity contribution >= 4 is 53.0 Å². The Morgan fingerprint density at radius 1 is 0.905 bits per heavy atom. The number of hydrogen-bond acceptors (Lipinski definition) is 10. The van der Waals surface area contributed by atoms with E-state index < -0.39 is 10.2 Å². The van der Waals surface area contributed by atoms with Crippen LogP contribution in [0.4, 0.5) is 0 Å². The number of aliphatic imine (C=N–C) groups is 2. The van der Waals surface area contributed by atoms with Gasteiger partial charge in [0, 0.05) is 42.0 Å². The van der Waals surface area contributed by atoms with E-state index in [1.807, 2.05) is 14.1 Å². The van der Waals surface area contributed by atoms with Gasteiger partial charge in [-0.1, -0.05) is 59.1 Å². The van der Waals surface area contributed by atoms with Crippen LogP contribution in [-0.2, 0) is 16.8 Å². The third-order valence-electron chi connectivity index (χ3n) is 4.26. The minimum absolute atomic E-state index is 0. The molecule has 0 atom stereocenters. The first kappa shape index (κ1) is 47.2. The summed E-state index contributed by atoms with van der Waals surface area (Å²) in [5.74, 6) is -0.0767. The van der Waals surface area contributed by atoms with Crippen LogP contribution in [0, 0.1) is 10.2 Å². The monoisotopic (exact) mass is 713 g/mol. The summed E-state index contributed by atoms with van der Waals surface area (Å²) in [6.07, 6.45) is 5.22. The van der Waals surface area contributed by atoms with E-state index in [4.69, 9.17) is 47.2 Å². The van der Waals surface area contributed by atoms with Crippen molar-refractivity contribution < 1.29 is 66.2 Å². The summed E-state index contributed by atoms with van der Waals surface area (Å²) in [5.41, 5.74) is 1.11. The summed E-state index contributed by atoms with van der Waals surface area (Å²) < 4.78 is 34.0. The van der Waals surface area contributed by atoms with Crippen molar-refractivity contribution in [3.63, 3.8) is 0 Å². The molecule has 0 bridgehead atoms. The minimum atomic E-state index is -4.94. The second kappa shape index (κ2) is 28.1. The fourth-order valence-electron chi connectivity index (χ4n) is 2.57. The number of thiocarbonyl (C=S) groups is 1. The zero-order chi connectivity index (χ0) is 31.1. The van der Waals surface area contributed by atoms with Gasteiger partial charge < -0.3 is 30.9 Å². The number of nitrogens with zero attached hydrogens (tertiary/aromatic N) is 4. The zero-order valence-electron chi connectivity index (χ0n) is 23.5. The molecular formula is C25H35Cl3CoN5O7S. The van der Waals surface area contributed by atoms with Gasteiger partial charge in [0.25, 0.3) is 0 Å². The Morgan fingerprint density at radius 3 is 1.60 bits per heavy atom. The smallest absolute Gasteiger partial charge is 0.872 e. The third-order valence-corrected chi connectivity index (χ3v) is 4.73. The Hall–Kier alpha value is -1.72. The Kier molecular flexibility index (Phi) is 31.6. The summed E-state index contributed by atoms with van der Waals surface area (Å²) >= 11 is 15.3. The number of quaternary nitrogens is 1. The molecule has 0 aliphatic rings. The number of nitrogens with one attached hydrogen (secondary N) is 1. The van der Waals surface area contributed by atoms with Crippen molar-refractivity contribution in [1.82, 2.24) is 4.90 Å². The third kappa shape index (κ3) is 32.8. The summed E-state index contributed by atoms with van der Waals surface area (Å²) in [6, 6.07) is 9.39. The van der Waals surface area contributed by atoms with Crippen LogP contribution in [-0.4, -0.2) is 82.3 Å². The number of benzene rings is 2. The topological polar surface area (TPSA) is 225 Å². The number of halogens is 3. The van der Waals surface area contributed by atoms with Crippen molar-refractivity contribution in [1.29, 1.82) is 0 Å². The van der Waals surface area contributed by atoms with Crippen molar-refractivity contribution in [2.24, 2.45) is 9.98 Å². The summed E-state index contributed by atoms with van der Waals surface area (Å²) in [5, 5.41) is 32.4. The minimum Gasteiger partial charge on any atom is -0.872 e. The molecular weight excluding hydrogens is 680 g/mol. The van der Waals surface area contributed by atoms with E-state index in [1.165, 1.54) is 22.2 Å². The maximum Gasteiger partial charge on any atom is 3.00 e. The normalized spacial score (nSPS) is 10.4. The quantitative estimate of drug-likeness (QED) is 0.154. The van der Waals surface area contributed by atoms with E-state index in [1.54, 1.807) is 36.7 Å². The van der Waals surface area contributed by atoms with E-state index in [9.17, 15) is 10.2 Å². The first-order chi connectivity index (χ1) is 18.6. The summed E-state index contributed by atoms with van der Waals surface area (Å²) in [4.78, 5) is 11.9. The van der Waals surface area contributed by atoms with Crippen LogP contribution in [0.2, 0.25) is 10.0 Å². The number of hydrogen-bond donors (Lipinski definition) is 1. The Labute approximate surface area is 274 Å². The molecule has 42 heavy (non-hydrogen) atoms. The molecule has 0 aliphatic carbocycles. The average molecular weight is 715 g/mol. The molecule has 0 spiro atoms. The molecule has 2 rings (SSSR count). The largest absolute Gasteiger partial charge is 3.00 e. The molecule has 0 fully saturated rings. The van der Waals surface area contributed by atoms with Crippen molar-refractivity contribution in [2.75, 3.05) is 54.4 Å². The maximum atomic E-state index is 11.4. The van der Waals surface area contributed by atoms with Gasteiger partial charge in [-0.05, 0) is 62.5 Å². The molecule has 0 radical (unpaired) electrons. The standard InChI is InChI=1S/2C12H17ClN2O.CNS.ClHO4.Co.H2O/c2*1-15(2)7-3-6-14-9-10-8-11(13)4-5-12(10)16;2-1-3;2-1(3,4)5;;/h2*4-5,8-9,16H,3,6-7H2,1-2H3;;(H,2,3,4,5);;1H2/q;;-1;;+3;/p-2. The molecule has 0 saturated heterocycles. The molecule has 17 heteroatoms. The van der Waals surface area contributed by atoms with E-state index in [2.05, 4.69) is 41.2 Å². The molecule has 0 aromatic heterocycles. The summed E-state index contributed by atoms with van der Waals surface area (Å²) in [6.45, 7) is 3.55. The first-order valence-electron chi connectivity index (χ1n) is 11.6. The maximum absolute atomic E-state index is 11.4. The molecule has 0 heterocycles. The van der Waals surface area contributed by atoms with E-state index in [0.717, 1.165) is 39.0 Å². The van der Waals surface area contributed by atoms with Gasteiger partial charge in [0.1, 0.15) is 0 Å². The van der Waals surface area contributed by atoms with Crippen LogP contribution in [0.3, 0.4) is 0 Å². The summed E-state index contributed by atoms with van der Waals surface area (Å²) in [7, 11) is 3.32. The second-order valence-corrected chi connectivity index (χ2v) is 10.2. The molecule has 2 aromatic carbocycles. The van der Waals surface area contributed by atoms with Crippen LogP contribution in [0.5, 0.6) is 11.5 Å². The molecule has 12 nitrogen and oxygen atoms in total. The fraction of sp³-hybridized carbons (Fsp3) is 0.400. The van der Waals surface area contributed by atoms with Gasteiger partial charge in [0.2, 0.25) is 0 Å². The number of rotatable bonds is 10. The van der Waals surface area contributed by atoms with Gasteiger partial charge in [0.15, 0.2) is 0 Å². The van der Waals surface area contributed by atoms with Crippen LogP contribution in [0.25, 0.3) is 5.41 Å². The van der Waals surface area contributed by atoms with Crippen LogP contribution in [0.15, 0.2) is 46.4 Å². The Morgan fingerprint density at radius 2 is 1.26 bits per heavy atom. The molecule has 0 saturated carbocycles. The van der Waals surface area contributed by atoms with Gasteiger partial charge in [-0.2, -0.15) is 5.16 Å². The van der Waals surface area contributed by atoms with Gasteiger partial charge in [-0.3, -0.25) is 9.98 Å². The van der Waals surface area contributed by atoms with Crippen LogP contribution >= 0.6 is 35.4 Å². The predicted octanol–water partition coefficient (Wildman–Crippen LogP) is -2.77. The van der Waals surface area contributed by atoms with E-state index >= 15 is 0 Å². The van der Waals surface area contributed by atoms with Crippen molar-refractivity contribution in [3.8, 4) is 11.5 Å². The van der Waals surface area contributed by atoms with Gasteiger partial charge in [-0.15, -0.1) is 10.2 Å². The average Bonchev–Trinajstić information content (AvgIpc) is 2.82. The van der Waals surface area contributed by atoms with Crippen LogP contribution < -0.4 is 33.7 Å². The van der Waals surface area contributed by atoms with E-state index in [-0.39, 0.29) is 33.8 Å². The Balaban J connectivity index is -0.000000264. The van der Waals surface area contributed by atoms with Gasteiger partial charge in [-0.25, -0.2) is 18.6 Å². The molecule has 3 N–H and O–H groups in total. The SMILES string of the molecule is CN(C)CCCN=Cc1cc(Cl)ccc1[O-].C[NH+](C)CCCN=Cc1cc(Cl)ccc1[O-].O.[Co+3].[N-]=C=S.[O-][Cl+3]([O-])([O-])[O-]. The van der Waals surface area contributed by atoms with E-state index in [0.29, 0.717) is 21.2 Å². The molecule has 0 unspecified atom stereocenters. The van der Waals surface area contributed by atoms with Crippen molar-refractivity contribution in [3.05, 3.63) is 63.0 Å². The first-order valence-corrected chi connectivity index (χ1v) is 14.0. The number of isothiocyanates is 1. The van der Waals surface area contributed by atoms with Gasteiger partial charge in [0.05, 0.1) is 20.6 Å². The molecule has 2 aromatic rings. The van der Waals surface area contributed by atoms with Crippen LogP contribution in [0.1, 0.15) is 24.0 Å². The zero-order valence-corrected chi connectivity index (χ0v) is 27.6.